The summed E-state index contributed by atoms with van der Waals surface area (Å²) in [7, 11) is 0. The van der Waals surface area contributed by atoms with E-state index in [9.17, 15) is 9.59 Å². The molecule has 2 aromatic rings. The van der Waals surface area contributed by atoms with E-state index in [1.807, 2.05) is 17.0 Å². The maximum absolute atomic E-state index is 12.3. The van der Waals surface area contributed by atoms with E-state index < -0.39 is 5.91 Å². The lowest BCUT2D eigenvalue weighted by Gasteiger charge is -2.36. The van der Waals surface area contributed by atoms with E-state index in [-0.39, 0.29) is 11.5 Å². The van der Waals surface area contributed by atoms with Gasteiger partial charge in [-0.3, -0.25) is 9.59 Å². The molecule has 8 nitrogen and oxygen atoms in total. The molecule has 1 aliphatic heterocycles. The number of amides is 2. The number of nitrogens with zero attached hydrogens (tertiary/aromatic N) is 4. The Morgan fingerprint density at radius 3 is 2.69 bits per heavy atom. The highest BCUT2D eigenvalue weighted by atomic mass is 16.2. The first kappa shape index (κ1) is 20.4. The lowest BCUT2D eigenvalue weighted by molar-refractivity contribution is -0.131. The molecule has 29 heavy (non-hydrogen) atoms. The monoisotopic (exact) mass is 394 g/mol. The molecule has 8 heteroatoms. The van der Waals surface area contributed by atoms with Crippen LogP contribution in [-0.2, 0) is 9.59 Å². The average molecular weight is 394 g/mol. The minimum absolute atomic E-state index is 0.107. The highest BCUT2D eigenvalue weighted by molar-refractivity contribution is 6.03. The van der Waals surface area contributed by atoms with Crippen LogP contribution in [0.5, 0.6) is 0 Å². The van der Waals surface area contributed by atoms with Crippen molar-refractivity contribution < 1.29 is 9.59 Å². The Morgan fingerprint density at radius 2 is 2.07 bits per heavy atom. The standard InChI is InChI=1S/C21H26N6O2/c1-14(2)3-4-19(28)27-7-5-26(6-8-27)17-10-18-16(9-15(11-22)20(23)29)12-24-21(18)25-13-17/h9-10,12-14H,3-8H2,1-2H3,(H2,23,29)(H,24,25). The van der Waals surface area contributed by atoms with E-state index in [0.29, 0.717) is 36.6 Å². The largest absolute Gasteiger partial charge is 0.367 e. The molecule has 3 N–H and O–H groups in total. The maximum Gasteiger partial charge on any atom is 0.259 e. The Bertz CT molecular complexity index is 977. The van der Waals surface area contributed by atoms with Gasteiger partial charge in [0.05, 0.1) is 11.9 Å². The number of aromatic amines is 1. The summed E-state index contributed by atoms with van der Waals surface area (Å²) in [5.41, 5.74) is 7.43. The summed E-state index contributed by atoms with van der Waals surface area (Å²) >= 11 is 0. The van der Waals surface area contributed by atoms with Crippen molar-refractivity contribution in [2.75, 3.05) is 31.1 Å². The van der Waals surface area contributed by atoms with Crippen molar-refractivity contribution in [2.45, 2.75) is 26.7 Å². The number of pyridine rings is 1. The second kappa shape index (κ2) is 8.78. The van der Waals surface area contributed by atoms with Gasteiger partial charge in [-0.25, -0.2) is 4.98 Å². The first-order valence-electron chi connectivity index (χ1n) is 9.80. The van der Waals surface area contributed by atoms with Gasteiger partial charge in [-0.1, -0.05) is 13.8 Å². The maximum atomic E-state index is 12.3. The zero-order valence-corrected chi connectivity index (χ0v) is 16.8. The number of fused-ring (bicyclic) bond motifs is 1. The van der Waals surface area contributed by atoms with Crippen molar-refractivity contribution in [1.82, 2.24) is 14.9 Å². The summed E-state index contributed by atoms with van der Waals surface area (Å²) in [6, 6.07) is 3.80. The van der Waals surface area contributed by atoms with Gasteiger partial charge in [-0.05, 0) is 24.5 Å². The van der Waals surface area contributed by atoms with Gasteiger partial charge >= 0.3 is 0 Å². The lowest BCUT2D eigenvalue weighted by Crippen LogP contribution is -2.48. The summed E-state index contributed by atoms with van der Waals surface area (Å²) < 4.78 is 0. The Morgan fingerprint density at radius 1 is 1.34 bits per heavy atom. The van der Waals surface area contributed by atoms with Gasteiger partial charge in [-0.2, -0.15) is 5.26 Å². The van der Waals surface area contributed by atoms with E-state index >= 15 is 0 Å². The first-order chi connectivity index (χ1) is 13.9. The van der Waals surface area contributed by atoms with Crippen LogP contribution in [0.2, 0.25) is 0 Å². The predicted molar refractivity (Wildman–Crippen MR) is 112 cm³/mol. The molecule has 0 bridgehead atoms. The summed E-state index contributed by atoms with van der Waals surface area (Å²) in [5, 5.41) is 9.89. The predicted octanol–water partition coefficient (Wildman–Crippen LogP) is 2.04. The molecule has 3 rings (SSSR count). The second-order valence-electron chi connectivity index (χ2n) is 7.67. The second-order valence-corrected chi connectivity index (χ2v) is 7.67. The average Bonchev–Trinajstić information content (AvgIpc) is 3.12. The van der Waals surface area contributed by atoms with Gasteiger partial charge in [0.1, 0.15) is 17.3 Å². The van der Waals surface area contributed by atoms with Crippen LogP contribution in [0.15, 0.2) is 24.0 Å². The van der Waals surface area contributed by atoms with Crippen molar-refractivity contribution in [1.29, 1.82) is 5.26 Å². The molecule has 0 aliphatic carbocycles. The zero-order valence-electron chi connectivity index (χ0n) is 16.8. The number of H-pyrrole nitrogens is 1. The Hall–Kier alpha value is -3.34. The molecule has 0 atom stereocenters. The normalized spacial score (nSPS) is 15.0. The molecule has 1 aliphatic rings. The molecule has 0 saturated carbocycles. The van der Waals surface area contributed by atoms with Gasteiger partial charge in [0, 0.05) is 49.7 Å². The molecule has 0 spiro atoms. The summed E-state index contributed by atoms with van der Waals surface area (Å²) in [6.07, 6.45) is 6.48. The lowest BCUT2D eigenvalue weighted by atomic mass is 10.1. The molecule has 3 heterocycles. The molecule has 2 aromatic heterocycles. The van der Waals surface area contributed by atoms with E-state index in [2.05, 4.69) is 28.7 Å². The van der Waals surface area contributed by atoms with E-state index in [4.69, 9.17) is 11.0 Å². The summed E-state index contributed by atoms with van der Waals surface area (Å²) in [5.74, 6) is -0.0107. The number of rotatable bonds is 6. The van der Waals surface area contributed by atoms with E-state index in [0.717, 1.165) is 30.6 Å². The van der Waals surface area contributed by atoms with Gasteiger partial charge in [-0.15, -0.1) is 0 Å². The van der Waals surface area contributed by atoms with Crippen molar-refractivity contribution in [3.63, 3.8) is 0 Å². The number of nitriles is 1. The van der Waals surface area contributed by atoms with Crippen LogP contribution < -0.4 is 10.6 Å². The molecule has 0 radical (unpaired) electrons. The number of nitrogens with two attached hydrogens (primary N) is 1. The van der Waals surface area contributed by atoms with E-state index in [1.165, 1.54) is 6.08 Å². The van der Waals surface area contributed by atoms with Crippen molar-refractivity contribution in [2.24, 2.45) is 11.7 Å². The van der Waals surface area contributed by atoms with Crippen LogP contribution in [0.25, 0.3) is 17.1 Å². The van der Waals surface area contributed by atoms with Crippen molar-refractivity contribution in [3.8, 4) is 6.07 Å². The molecule has 2 amide bonds. The SMILES string of the molecule is CC(C)CCC(=O)N1CCN(c2cnc3[nH]cc(C=C(C#N)C(N)=O)c3c2)CC1. The smallest absolute Gasteiger partial charge is 0.259 e. The van der Waals surface area contributed by atoms with Crippen LogP contribution in [0.1, 0.15) is 32.3 Å². The number of carbonyl (C=O) groups excluding carboxylic acids is 2. The van der Waals surface area contributed by atoms with Crippen molar-refractivity contribution >= 4 is 34.6 Å². The van der Waals surface area contributed by atoms with Crippen LogP contribution >= 0.6 is 0 Å². The quantitative estimate of drug-likeness (QED) is 0.574. The number of piperazine rings is 1. The number of aromatic nitrogens is 2. The minimum Gasteiger partial charge on any atom is -0.367 e. The fourth-order valence-corrected chi connectivity index (χ4v) is 3.40. The number of anilines is 1. The third kappa shape index (κ3) is 4.74. The topological polar surface area (TPSA) is 119 Å². The van der Waals surface area contributed by atoms with Crippen LogP contribution in [0, 0.1) is 17.2 Å². The Balaban J connectivity index is 1.73. The number of primary amides is 1. The molecule has 1 fully saturated rings. The third-order valence-corrected chi connectivity index (χ3v) is 5.17. The molecular weight excluding hydrogens is 368 g/mol. The van der Waals surface area contributed by atoms with Crippen LogP contribution in [0.4, 0.5) is 5.69 Å². The number of hydrogen-bond acceptors (Lipinski definition) is 5. The fraction of sp³-hybridized carbons (Fsp3) is 0.429. The van der Waals surface area contributed by atoms with E-state index in [1.54, 1.807) is 12.4 Å². The number of nitrogens with one attached hydrogen (secondary N) is 1. The van der Waals surface area contributed by atoms with Crippen molar-refractivity contribution in [3.05, 3.63) is 29.6 Å². The van der Waals surface area contributed by atoms with Gasteiger partial charge in [0.25, 0.3) is 5.91 Å². The first-order valence-corrected chi connectivity index (χ1v) is 9.80. The number of hydrogen-bond donors (Lipinski definition) is 2. The highest BCUT2D eigenvalue weighted by Gasteiger charge is 2.22. The van der Waals surface area contributed by atoms with Crippen LogP contribution in [0.3, 0.4) is 0 Å². The Kier molecular flexibility index (Phi) is 6.17. The molecular formula is C21H26N6O2. The fourth-order valence-electron chi connectivity index (χ4n) is 3.40. The van der Waals surface area contributed by atoms with Gasteiger partial charge in [0.2, 0.25) is 5.91 Å². The summed E-state index contributed by atoms with van der Waals surface area (Å²) in [6.45, 7) is 7.11. The highest BCUT2D eigenvalue weighted by Crippen LogP contribution is 2.25. The van der Waals surface area contributed by atoms with Crippen LogP contribution in [-0.4, -0.2) is 52.9 Å². The Labute approximate surface area is 170 Å². The van der Waals surface area contributed by atoms with Gasteiger partial charge < -0.3 is 20.5 Å². The minimum atomic E-state index is -0.760. The zero-order chi connectivity index (χ0) is 21.0. The molecule has 1 saturated heterocycles. The number of carbonyl (C=O) groups is 2. The summed E-state index contributed by atoms with van der Waals surface area (Å²) in [4.78, 5) is 35.3. The van der Waals surface area contributed by atoms with Gasteiger partial charge in [0.15, 0.2) is 0 Å². The molecule has 0 aromatic carbocycles. The molecule has 0 unspecified atom stereocenters. The third-order valence-electron chi connectivity index (χ3n) is 5.17. The molecule has 152 valence electrons.